The van der Waals surface area contributed by atoms with Gasteiger partial charge in [-0.15, -0.1) is 0 Å². The van der Waals surface area contributed by atoms with Gasteiger partial charge in [0.15, 0.2) is 0 Å². The van der Waals surface area contributed by atoms with E-state index >= 15 is 0 Å². The molecule has 0 saturated carbocycles. The van der Waals surface area contributed by atoms with Gasteiger partial charge in [-0.05, 0) is 38.4 Å². The summed E-state index contributed by atoms with van der Waals surface area (Å²) in [5.41, 5.74) is 4.68. The Hall–Kier alpha value is -2.21. The molecule has 22 heavy (non-hydrogen) atoms. The molecule has 0 aliphatic carbocycles. The topological polar surface area (TPSA) is 71.3 Å². The maximum absolute atomic E-state index is 12.5. The first-order chi connectivity index (χ1) is 10.6. The molecular formula is C16H20N4O2. The van der Waals surface area contributed by atoms with Gasteiger partial charge in [0.05, 0.1) is 11.3 Å². The summed E-state index contributed by atoms with van der Waals surface area (Å²) < 4.78 is 5.12. The van der Waals surface area contributed by atoms with Crippen molar-refractivity contribution in [2.45, 2.75) is 33.4 Å². The Kier molecular flexibility index (Phi) is 3.94. The van der Waals surface area contributed by atoms with Crippen molar-refractivity contribution in [2.24, 2.45) is 0 Å². The Morgan fingerprint density at radius 2 is 2.23 bits per heavy atom. The smallest absolute Gasteiger partial charge is 0.253 e. The number of hydrogen-bond acceptors (Lipinski definition) is 5. The van der Waals surface area contributed by atoms with Crippen LogP contribution in [0.15, 0.2) is 16.9 Å². The number of aryl methyl sites for hydroxylation is 2. The first-order valence-electron chi connectivity index (χ1n) is 7.40. The minimum Gasteiger partial charge on any atom is -0.361 e. The third kappa shape index (κ3) is 2.74. The summed E-state index contributed by atoms with van der Waals surface area (Å²) in [5.74, 6) is 0.654. The van der Waals surface area contributed by atoms with Crippen molar-refractivity contribution in [1.29, 1.82) is 0 Å². The first kappa shape index (κ1) is 14.7. The molecule has 1 aliphatic heterocycles. The quantitative estimate of drug-likeness (QED) is 0.932. The lowest BCUT2D eigenvalue weighted by atomic mass is 9.97. The third-order valence-electron chi connectivity index (χ3n) is 4.18. The van der Waals surface area contributed by atoms with Gasteiger partial charge in [0.25, 0.3) is 5.91 Å². The minimum atomic E-state index is -0.0890. The van der Waals surface area contributed by atoms with E-state index in [0.29, 0.717) is 12.1 Å². The Balaban J connectivity index is 1.77. The number of amides is 1. The average Bonchev–Trinajstić information content (AvgIpc) is 2.82. The predicted octanol–water partition coefficient (Wildman–Crippen LogP) is 1.60. The van der Waals surface area contributed by atoms with Gasteiger partial charge in [-0.2, -0.15) is 0 Å². The molecule has 1 aliphatic rings. The second kappa shape index (κ2) is 5.88. The fourth-order valence-corrected chi connectivity index (χ4v) is 2.85. The van der Waals surface area contributed by atoms with Crippen LogP contribution < -0.4 is 5.32 Å². The highest BCUT2D eigenvalue weighted by Gasteiger charge is 2.20. The van der Waals surface area contributed by atoms with Crippen molar-refractivity contribution in [3.63, 3.8) is 0 Å². The molecule has 3 heterocycles. The van der Waals surface area contributed by atoms with Gasteiger partial charge in [-0.25, -0.2) is 0 Å². The van der Waals surface area contributed by atoms with Crippen LogP contribution in [0.1, 0.15) is 38.5 Å². The van der Waals surface area contributed by atoms with Gasteiger partial charge in [0, 0.05) is 37.6 Å². The van der Waals surface area contributed by atoms with E-state index in [1.807, 2.05) is 20.0 Å². The molecule has 0 bridgehead atoms. The number of nitrogens with one attached hydrogen (secondary N) is 1. The van der Waals surface area contributed by atoms with E-state index in [4.69, 9.17) is 4.52 Å². The Morgan fingerprint density at radius 1 is 1.41 bits per heavy atom. The molecule has 0 radical (unpaired) electrons. The van der Waals surface area contributed by atoms with E-state index < -0.39 is 0 Å². The van der Waals surface area contributed by atoms with Gasteiger partial charge in [0.2, 0.25) is 0 Å². The number of carbonyl (C=O) groups excluding carboxylic acids is 1. The lowest BCUT2D eigenvalue weighted by Gasteiger charge is -2.26. The lowest BCUT2D eigenvalue weighted by Crippen LogP contribution is -2.31. The molecule has 0 fully saturated rings. The fraction of sp³-hybridized carbons (Fsp3) is 0.438. The van der Waals surface area contributed by atoms with E-state index in [2.05, 4.69) is 27.4 Å². The van der Waals surface area contributed by atoms with Crippen LogP contribution in [-0.2, 0) is 19.5 Å². The van der Waals surface area contributed by atoms with Crippen LogP contribution in [0.4, 0.5) is 0 Å². The molecule has 2 aromatic rings. The molecule has 3 rings (SSSR count). The zero-order chi connectivity index (χ0) is 15.7. The lowest BCUT2D eigenvalue weighted by molar-refractivity contribution is 0.0948. The van der Waals surface area contributed by atoms with Gasteiger partial charge < -0.3 is 14.7 Å². The van der Waals surface area contributed by atoms with Crippen molar-refractivity contribution in [3.05, 3.63) is 46.1 Å². The monoisotopic (exact) mass is 300 g/mol. The highest BCUT2D eigenvalue weighted by Crippen LogP contribution is 2.21. The van der Waals surface area contributed by atoms with E-state index in [1.54, 1.807) is 6.20 Å². The zero-order valence-corrected chi connectivity index (χ0v) is 13.1. The van der Waals surface area contributed by atoms with E-state index in [-0.39, 0.29) is 5.91 Å². The second-order valence-electron chi connectivity index (χ2n) is 5.80. The summed E-state index contributed by atoms with van der Waals surface area (Å²) in [7, 11) is 2.08. The van der Waals surface area contributed by atoms with Crippen molar-refractivity contribution in [2.75, 3.05) is 13.6 Å². The molecular weight excluding hydrogens is 280 g/mol. The average molecular weight is 300 g/mol. The highest BCUT2D eigenvalue weighted by molar-refractivity contribution is 5.95. The summed E-state index contributed by atoms with van der Waals surface area (Å²) in [5, 5.41) is 6.85. The minimum absolute atomic E-state index is 0.0890. The molecule has 2 aromatic heterocycles. The zero-order valence-electron chi connectivity index (χ0n) is 13.1. The highest BCUT2D eigenvalue weighted by atomic mass is 16.5. The second-order valence-corrected chi connectivity index (χ2v) is 5.80. The summed E-state index contributed by atoms with van der Waals surface area (Å²) in [4.78, 5) is 18.9. The molecule has 0 unspecified atom stereocenters. The molecule has 0 atom stereocenters. The van der Waals surface area contributed by atoms with E-state index in [1.165, 1.54) is 0 Å². The number of aromatic nitrogens is 2. The summed E-state index contributed by atoms with van der Waals surface area (Å²) in [6.45, 7) is 5.95. The van der Waals surface area contributed by atoms with Crippen LogP contribution in [-0.4, -0.2) is 34.5 Å². The summed E-state index contributed by atoms with van der Waals surface area (Å²) in [6, 6.07) is 0. The molecule has 116 valence electrons. The standard InChI is InChI=1S/C16H20N4O2/c1-10-14(11(2)22-19-10)8-18-16(21)15-7-17-6-12-9-20(3)5-4-13(12)15/h6-7H,4-5,8-9H2,1-3H3,(H,18,21). The fourth-order valence-electron chi connectivity index (χ4n) is 2.85. The largest absolute Gasteiger partial charge is 0.361 e. The van der Waals surface area contributed by atoms with E-state index in [0.717, 1.165) is 47.7 Å². The number of nitrogens with zero attached hydrogens (tertiary/aromatic N) is 3. The van der Waals surface area contributed by atoms with Crippen molar-refractivity contribution >= 4 is 5.91 Å². The van der Waals surface area contributed by atoms with Crippen LogP contribution in [0.5, 0.6) is 0 Å². The third-order valence-corrected chi connectivity index (χ3v) is 4.18. The number of rotatable bonds is 3. The predicted molar refractivity (Wildman–Crippen MR) is 81.4 cm³/mol. The van der Waals surface area contributed by atoms with Crippen LogP contribution in [0.2, 0.25) is 0 Å². The molecule has 6 heteroatoms. The number of pyridine rings is 1. The SMILES string of the molecule is Cc1noc(C)c1CNC(=O)c1cncc2c1CCN(C)C2. The number of likely N-dealkylation sites (N-methyl/N-ethyl adjacent to an activating group) is 1. The summed E-state index contributed by atoms with van der Waals surface area (Å²) in [6.07, 6.45) is 4.39. The van der Waals surface area contributed by atoms with Crippen molar-refractivity contribution < 1.29 is 9.32 Å². The molecule has 0 saturated heterocycles. The Labute approximate surface area is 129 Å². The Bertz CT molecular complexity index is 689. The van der Waals surface area contributed by atoms with Gasteiger partial charge >= 0.3 is 0 Å². The van der Waals surface area contributed by atoms with Crippen LogP contribution >= 0.6 is 0 Å². The Morgan fingerprint density at radius 3 is 2.95 bits per heavy atom. The normalized spacial score (nSPS) is 14.7. The molecule has 0 aromatic carbocycles. The first-order valence-corrected chi connectivity index (χ1v) is 7.40. The molecule has 1 amide bonds. The maximum Gasteiger partial charge on any atom is 0.253 e. The van der Waals surface area contributed by atoms with Gasteiger partial charge in [0.1, 0.15) is 5.76 Å². The van der Waals surface area contributed by atoms with Crippen molar-refractivity contribution in [3.8, 4) is 0 Å². The molecule has 0 spiro atoms. The summed E-state index contributed by atoms with van der Waals surface area (Å²) >= 11 is 0. The maximum atomic E-state index is 12.5. The van der Waals surface area contributed by atoms with Crippen molar-refractivity contribution in [1.82, 2.24) is 20.4 Å². The number of carbonyl (C=O) groups is 1. The van der Waals surface area contributed by atoms with Crippen LogP contribution in [0, 0.1) is 13.8 Å². The number of hydrogen-bond donors (Lipinski definition) is 1. The van der Waals surface area contributed by atoms with Crippen LogP contribution in [0.25, 0.3) is 0 Å². The molecule has 1 N–H and O–H groups in total. The van der Waals surface area contributed by atoms with Crippen LogP contribution in [0.3, 0.4) is 0 Å². The van der Waals surface area contributed by atoms with E-state index in [9.17, 15) is 4.79 Å². The van der Waals surface area contributed by atoms with Gasteiger partial charge in [-0.3, -0.25) is 9.78 Å². The molecule has 6 nitrogen and oxygen atoms in total. The number of fused-ring (bicyclic) bond motifs is 1. The van der Waals surface area contributed by atoms with Gasteiger partial charge in [-0.1, -0.05) is 5.16 Å².